The van der Waals surface area contributed by atoms with Crippen molar-refractivity contribution in [3.63, 3.8) is 0 Å². The van der Waals surface area contributed by atoms with E-state index in [-0.39, 0.29) is 6.73 Å². The van der Waals surface area contributed by atoms with Crippen LogP contribution in [0.3, 0.4) is 0 Å². The van der Waals surface area contributed by atoms with E-state index >= 15 is 0 Å². The van der Waals surface area contributed by atoms with Crippen LogP contribution in [0.5, 0.6) is 0 Å². The molecule has 0 radical (unpaired) electrons. The Kier molecular flexibility index (Phi) is 7.73. The number of aromatic nitrogens is 4. The van der Waals surface area contributed by atoms with Crippen molar-refractivity contribution in [2.75, 3.05) is 22.7 Å². The van der Waals surface area contributed by atoms with Crippen molar-refractivity contribution < 1.29 is 17.9 Å². The number of halogens is 3. The van der Waals surface area contributed by atoms with E-state index < -0.39 is 11.7 Å². The van der Waals surface area contributed by atoms with E-state index in [1.807, 2.05) is 30.3 Å². The van der Waals surface area contributed by atoms with Crippen molar-refractivity contribution in [2.45, 2.75) is 44.4 Å². The number of anilines is 5. The average molecular weight is 524 g/mol. The molecule has 0 atom stereocenters. The van der Waals surface area contributed by atoms with Crippen LogP contribution < -0.4 is 16.0 Å². The van der Waals surface area contributed by atoms with Crippen molar-refractivity contribution in [1.29, 1.82) is 0 Å². The van der Waals surface area contributed by atoms with Gasteiger partial charge in [-0.1, -0.05) is 31.0 Å². The van der Waals surface area contributed by atoms with Crippen LogP contribution in [-0.2, 0) is 17.5 Å². The van der Waals surface area contributed by atoms with Crippen molar-refractivity contribution in [3.05, 3.63) is 83.7 Å². The molecule has 1 fully saturated rings. The fraction of sp³-hybridized carbons (Fsp3) is 0.296. The summed E-state index contributed by atoms with van der Waals surface area (Å²) >= 11 is 0. The van der Waals surface area contributed by atoms with Crippen LogP contribution in [0.2, 0.25) is 0 Å². The predicted octanol–water partition coefficient (Wildman–Crippen LogP) is 6.95. The maximum Gasteiger partial charge on any atom is 0.416 e. The Balaban J connectivity index is 1.09. The smallest absolute Gasteiger partial charge is 0.363 e. The lowest BCUT2D eigenvalue weighted by Gasteiger charge is -2.11. The largest absolute Gasteiger partial charge is 0.416 e. The molecule has 1 aliphatic carbocycles. The molecule has 4 aromatic rings. The van der Waals surface area contributed by atoms with Crippen molar-refractivity contribution >= 4 is 29.0 Å². The number of benzene rings is 2. The van der Waals surface area contributed by atoms with Crippen molar-refractivity contribution in [2.24, 2.45) is 0 Å². The Morgan fingerprint density at radius 3 is 2.53 bits per heavy atom. The quantitative estimate of drug-likeness (QED) is 0.132. The van der Waals surface area contributed by atoms with Crippen LogP contribution in [0, 0.1) is 0 Å². The SMILES string of the molecule is FC(F)(F)c1cccc(NCOCc2ccc(Nc3nccc(Nc4cc(C5CCCC5)[nH]n4)n3)cc2)c1. The molecule has 0 spiro atoms. The van der Waals surface area contributed by atoms with E-state index in [0.29, 0.717) is 30.0 Å². The predicted molar refractivity (Wildman–Crippen MR) is 140 cm³/mol. The summed E-state index contributed by atoms with van der Waals surface area (Å²) in [4.78, 5) is 8.80. The molecular weight excluding hydrogens is 495 g/mol. The maximum absolute atomic E-state index is 12.8. The molecule has 1 aliphatic rings. The monoisotopic (exact) mass is 523 g/mol. The first kappa shape index (κ1) is 25.5. The summed E-state index contributed by atoms with van der Waals surface area (Å²) in [5.41, 5.74) is 2.52. The molecular formula is C27H28F3N7O. The molecule has 11 heteroatoms. The van der Waals surface area contributed by atoms with Crippen LogP contribution in [0.1, 0.15) is 48.4 Å². The fourth-order valence-electron chi connectivity index (χ4n) is 4.39. The second-order valence-corrected chi connectivity index (χ2v) is 9.15. The summed E-state index contributed by atoms with van der Waals surface area (Å²) in [6.45, 7) is 0.377. The number of alkyl halides is 3. The summed E-state index contributed by atoms with van der Waals surface area (Å²) in [7, 11) is 0. The summed E-state index contributed by atoms with van der Waals surface area (Å²) < 4.78 is 44.0. The van der Waals surface area contributed by atoms with E-state index in [4.69, 9.17) is 4.74 Å². The van der Waals surface area contributed by atoms with E-state index in [9.17, 15) is 13.2 Å². The minimum atomic E-state index is -4.38. The molecule has 0 bridgehead atoms. The Morgan fingerprint density at radius 1 is 0.921 bits per heavy atom. The normalized spacial score (nSPS) is 14.0. The first-order chi connectivity index (χ1) is 18.4. The fourth-order valence-corrected chi connectivity index (χ4v) is 4.39. The first-order valence-electron chi connectivity index (χ1n) is 12.4. The number of hydrogen-bond acceptors (Lipinski definition) is 7. The zero-order valence-electron chi connectivity index (χ0n) is 20.6. The molecule has 198 valence electrons. The van der Waals surface area contributed by atoms with Gasteiger partial charge in [0, 0.05) is 35.2 Å². The highest BCUT2D eigenvalue weighted by atomic mass is 19.4. The molecule has 2 heterocycles. The van der Waals surface area contributed by atoms with Crippen LogP contribution in [0.15, 0.2) is 66.9 Å². The summed E-state index contributed by atoms with van der Waals surface area (Å²) in [5.74, 6) is 2.35. The van der Waals surface area contributed by atoms with Gasteiger partial charge in [-0.05, 0) is 54.8 Å². The number of nitrogens with one attached hydrogen (secondary N) is 4. The Labute approximate surface area is 218 Å². The van der Waals surface area contributed by atoms with Gasteiger partial charge in [-0.25, -0.2) is 4.98 Å². The van der Waals surface area contributed by atoms with E-state index in [0.717, 1.165) is 34.9 Å². The Morgan fingerprint density at radius 2 is 1.74 bits per heavy atom. The molecule has 8 nitrogen and oxygen atoms in total. The number of rotatable bonds is 10. The van der Waals surface area contributed by atoms with Crippen LogP contribution >= 0.6 is 0 Å². The second-order valence-electron chi connectivity index (χ2n) is 9.15. The van der Waals surface area contributed by atoms with Crippen LogP contribution in [0.4, 0.5) is 42.1 Å². The molecule has 2 aromatic carbocycles. The lowest BCUT2D eigenvalue weighted by atomic mass is 10.0. The number of nitrogens with zero attached hydrogens (tertiary/aromatic N) is 3. The zero-order valence-corrected chi connectivity index (χ0v) is 20.6. The first-order valence-corrected chi connectivity index (χ1v) is 12.4. The molecule has 5 rings (SSSR count). The molecule has 0 unspecified atom stereocenters. The highest BCUT2D eigenvalue weighted by Crippen LogP contribution is 2.34. The molecule has 4 N–H and O–H groups in total. The maximum atomic E-state index is 12.8. The molecule has 0 aliphatic heterocycles. The van der Waals surface area contributed by atoms with Gasteiger partial charge in [0.25, 0.3) is 0 Å². The zero-order chi connectivity index (χ0) is 26.4. The third-order valence-corrected chi connectivity index (χ3v) is 6.35. The molecule has 2 aromatic heterocycles. The van der Waals surface area contributed by atoms with Gasteiger partial charge in [0.1, 0.15) is 12.5 Å². The van der Waals surface area contributed by atoms with Gasteiger partial charge in [0.15, 0.2) is 5.82 Å². The number of aromatic amines is 1. The van der Waals surface area contributed by atoms with Gasteiger partial charge >= 0.3 is 6.18 Å². The number of hydrogen-bond donors (Lipinski definition) is 4. The molecule has 0 saturated heterocycles. The molecule has 0 amide bonds. The van der Waals surface area contributed by atoms with E-state index in [1.165, 1.54) is 31.7 Å². The lowest BCUT2D eigenvalue weighted by molar-refractivity contribution is -0.137. The Bertz CT molecular complexity index is 1340. The van der Waals surface area contributed by atoms with Crippen molar-refractivity contribution in [1.82, 2.24) is 20.2 Å². The summed E-state index contributed by atoms with van der Waals surface area (Å²) in [5, 5.41) is 16.7. The van der Waals surface area contributed by atoms with Crippen molar-refractivity contribution in [3.8, 4) is 0 Å². The van der Waals surface area contributed by atoms with Gasteiger partial charge in [-0.3, -0.25) is 5.10 Å². The topological polar surface area (TPSA) is 99.8 Å². The van der Waals surface area contributed by atoms with Gasteiger partial charge in [0.05, 0.1) is 12.2 Å². The Hall–Kier alpha value is -4.12. The summed E-state index contributed by atoms with van der Waals surface area (Å²) in [6.07, 6.45) is 2.22. The van der Waals surface area contributed by atoms with Gasteiger partial charge in [-0.15, -0.1) is 0 Å². The highest BCUT2D eigenvalue weighted by molar-refractivity contribution is 5.58. The number of H-pyrrole nitrogens is 1. The third-order valence-electron chi connectivity index (χ3n) is 6.35. The number of ether oxygens (including phenoxy) is 1. The summed E-state index contributed by atoms with van der Waals surface area (Å²) in [6, 6.07) is 16.4. The van der Waals surface area contributed by atoms with Gasteiger partial charge in [-0.2, -0.15) is 23.3 Å². The standard InChI is InChI=1S/C27H28F3N7O/c28-27(29,30)20-6-3-7-22(14-20)32-17-38-16-18-8-10-21(11-9-18)33-26-31-13-12-24(35-26)34-25-15-23(36-37-25)19-4-1-2-5-19/h3,6-15,19,32H,1-2,4-5,16-17H2,(H3,31,33,34,35,36,37). The van der Waals surface area contributed by atoms with Gasteiger partial charge in [0.2, 0.25) is 5.95 Å². The average Bonchev–Trinajstić information content (AvgIpc) is 3.60. The van der Waals surface area contributed by atoms with Gasteiger partial charge < -0.3 is 20.7 Å². The minimum Gasteiger partial charge on any atom is -0.363 e. The second kappa shape index (κ2) is 11.5. The molecule has 1 saturated carbocycles. The molecule has 38 heavy (non-hydrogen) atoms. The minimum absolute atomic E-state index is 0.0765. The third kappa shape index (κ3) is 6.80. The van der Waals surface area contributed by atoms with Crippen LogP contribution in [0.25, 0.3) is 0 Å². The lowest BCUT2D eigenvalue weighted by Crippen LogP contribution is -2.09. The van der Waals surface area contributed by atoms with Crippen LogP contribution in [-0.4, -0.2) is 26.9 Å². The highest BCUT2D eigenvalue weighted by Gasteiger charge is 2.30. The van der Waals surface area contributed by atoms with E-state index in [1.54, 1.807) is 18.3 Å². The van der Waals surface area contributed by atoms with E-state index in [2.05, 4.69) is 36.1 Å².